The second-order valence-electron chi connectivity index (χ2n) is 4.79. The lowest BCUT2D eigenvalue weighted by Crippen LogP contribution is -2.15. The van der Waals surface area contributed by atoms with Crippen LogP contribution in [0, 0.1) is 6.92 Å². The summed E-state index contributed by atoms with van der Waals surface area (Å²) < 4.78 is 5.73. The molecule has 0 radical (unpaired) electrons. The summed E-state index contributed by atoms with van der Waals surface area (Å²) in [5.74, 6) is 0.899. The molecule has 0 saturated heterocycles. The van der Waals surface area contributed by atoms with E-state index in [4.69, 9.17) is 10.5 Å². The van der Waals surface area contributed by atoms with E-state index in [1.165, 1.54) is 5.56 Å². The van der Waals surface area contributed by atoms with E-state index in [-0.39, 0.29) is 6.04 Å². The second-order valence-corrected chi connectivity index (χ2v) is 6.11. The van der Waals surface area contributed by atoms with Crippen LogP contribution < -0.4 is 10.5 Å². The van der Waals surface area contributed by atoms with Gasteiger partial charge in [-0.1, -0.05) is 12.1 Å². The second kappa shape index (κ2) is 6.68. The minimum absolute atomic E-state index is 0.255. The molecule has 4 heteroatoms. The van der Waals surface area contributed by atoms with Crippen LogP contribution in [0.3, 0.4) is 0 Å². The molecule has 0 spiro atoms. The number of benzene rings is 1. The van der Waals surface area contributed by atoms with Gasteiger partial charge in [-0.2, -0.15) is 0 Å². The van der Waals surface area contributed by atoms with Gasteiger partial charge in [-0.3, -0.25) is 0 Å². The van der Waals surface area contributed by atoms with E-state index in [1.807, 2.05) is 32.2 Å². The quantitative estimate of drug-likeness (QED) is 0.880. The van der Waals surface area contributed by atoms with Gasteiger partial charge in [0, 0.05) is 12.2 Å². The van der Waals surface area contributed by atoms with Crippen LogP contribution in [0.15, 0.2) is 30.5 Å². The Bertz CT molecular complexity index is 505. The number of nitrogens with two attached hydrogens (primary N) is 1. The zero-order valence-corrected chi connectivity index (χ0v) is 12.2. The molecule has 2 N–H and O–H groups in total. The number of hydrogen-bond donors (Lipinski definition) is 1. The third-order valence-electron chi connectivity index (χ3n) is 2.86. The van der Waals surface area contributed by atoms with Crippen LogP contribution in [-0.2, 0) is 13.0 Å². The Balaban J connectivity index is 1.84. The molecule has 0 aliphatic heterocycles. The summed E-state index contributed by atoms with van der Waals surface area (Å²) in [5, 5.41) is 1.07. The molecule has 3 nitrogen and oxygen atoms in total. The van der Waals surface area contributed by atoms with Crippen LogP contribution >= 0.6 is 11.3 Å². The molecular formula is C15H20N2OS. The first-order valence-electron chi connectivity index (χ1n) is 6.52. The van der Waals surface area contributed by atoms with E-state index in [9.17, 15) is 0 Å². The molecule has 1 aromatic heterocycles. The topological polar surface area (TPSA) is 48.1 Å². The molecule has 1 atom stereocenters. The van der Waals surface area contributed by atoms with Crippen LogP contribution in [0.4, 0.5) is 0 Å². The van der Waals surface area contributed by atoms with Crippen LogP contribution in [-0.4, -0.2) is 11.0 Å². The molecule has 0 aliphatic carbocycles. The highest BCUT2D eigenvalue weighted by atomic mass is 32.1. The Morgan fingerprint density at radius 3 is 2.63 bits per heavy atom. The van der Waals surface area contributed by atoms with E-state index in [0.29, 0.717) is 6.61 Å². The Morgan fingerprint density at radius 1 is 1.32 bits per heavy atom. The predicted octanol–water partition coefficient (Wildman–Crippen LogP) is 3.31. The standard InChI is InChI=1S/C15H20N2OS/c1-11(16)3-4-13-5-7-14(8-6-13)18-10-15-9-17-12(2)19-15/h5-9,11H,3-4,10,16H2,1-2H3. The first kappa shape index (κ1) is 14.0. The van der Waals surface area contributed by atoms with Gasteiger partial charge < -0.3 is 10.5 Å². The lowest BCUT2D eigenvalue weighted by Gasteiger charge is -2.07. The number of thiazole rings is 1. The molecule has 102 valence electrons. The van der Waals surface area contributed by atoms with Crippen LogP contribution in [0.2, 0.25) is 0 Å². The molecule has 2 rings (SSSR count). The SMILES string of the molecule is Cc1ncc(COc2ccc(CCC(C)N)cc2)s1. The van der Waals surface area contributed by atoms with Gasteiger partial charge in [0.05, 0.1) is 9.88 Å². The minimum Gasteiger partial charge on any atom is -0.488 e. The van der Waals surface area contributed by atoms with Crippen molar-refractivity contribution < 1.29 is 4.74 Å². The maximum Gasteiger partial charge on any atom is 0.124 e. The van der Waals surface area contributed by atoms with Crippen molar-refractivity contribution in [2.24, 2.45) is 5.73 Å². The zero-order chi connectivity index (χ0) is 13.7. The van der Waals surface area contributed by atoms with Gasteiger partial charge in [-0.15, -0.1) is 11.3 Å². The van der Waals surface area contributed by atoms with E-state index >= 15 is 0 Å². The Morgan fingerprint density at radius 2 is 2.05 bits per heavy atom. The summed E-state index contributed by atoms with van der Waals surface area (Å²) >= 11 is 1.67. The fourth-order valence-electron chi connectivity index (χ4n) is 1.77. The maximum absolute atomic E-state index is 5.75. The first-order valence-corrected chi connectivity index (χ1v) is 7.34. The van der Waals surface area contributed by atoms with E-state index in [2.05, 4.69) is 17.1 Å². The van der Waals surface area contributed by atoms with Crippen molar-refractivity contribution >= 4 is 11.3 Å². The minimum atomic E-state index is 0.255. The van der Waals surface area contributed by atoms with Crippen molar-refractivity contribution in [1.82, 2.24) is 4.98 Å². The first-order chi connectivity index (χ1) is 9.13. The van der Waals surface area contributed by atoms with Gasteiger partial charge in [0.2, 0.25) is 0 Å². The van der Waals surface area contributed by atoms with Gasteiger partial charge in [0.25, 0.3) is 0 Å². The van der Waals surface area contributed by atoms with Crippen molar-refractivity contribution in [2.75, 3.05) is 0 Å². The normalized spacial score (nSPS) is 12.4. The molecule has 19 heavy (non-hydrogen) atoms. The Hall–Kier alpha value is -1.39. The molecule has 1 aromatic carbocycles. The van der Waals surface area contributed by atoms with E-state index in [1.54, 1.807) is 11.3 Å². The van der Waals surface area contributed by atoms with Crippen LogP contribution in [0.25, 0.3) is 0 Å². The van der Waals surface area contributed by atoms with E-state index in [0.717, 1.165) is 28.5 Å². The van der Waals surface area contributed by atoms with Crippen molar-refractivity contribution in [3.63, 3.8) is 0 Å². The van der Waals surface area contributed by atoms with Gasteiger partial charge in [-0.25, -0.2) is 4.98 Å². The molecular weight excluding hydrogens is 256 g/mol. The number of rotatable bonds is 6. The van der Waals surface area contributed by atoms with Gasteiger partial charge in [0.1, 0.15) is 12.4 Å². The highest BCUT2D eigenvalue weighted by Crippen LogP contribution is 2.18. The Kier molecular flexibility index (Phi) is 4.93. The number of aryl methyl sites for hydroxylation is 2. The monoisotopic (exact) mass is 276 g/mol. The molecule has 0 fully saturated rings. The maximum atomic E-state index is 5.75. The molecule has 1 unspecified atom stereocenters. The lowest BCUT2D eigenvalue weighted by molar-refractivity contribution is 0.309. The molecule has 0 aliphatic rings. The van der Waals surface area contributed by atoms with E-state index < -0.39 is 0 Å². The Labute approximate surface area is 118 Å². The smallest absolute Gasteiger partial charge is 0.124 e. The highest BCUT2D eigenvalue weighted by molar-refractivity contribution is 7.11. The summed E-state index contributed by atoms with van der Waals surface area (Å²) in [6, 6.07) is 8.51. The summed E-state index contributed by atoms with van der Waals surface area (Å²) in [6.07, 6.45) is 3.91. The number of nitrogens with zero attached hydrogens (tertiary/aromatic N) is 1. The number of ether oxygens (including phenoxy) is 1. The fraction of sp³-hybridized carbons (Fsp3) is 0.400. The average molecular weight is 276 g/mol. The summed E-state index contributed by atoms with van der Waals surface area (Å²) in [6.45, 7) is 4.63. The molecule has 1 heterocycles. The number of aromatic nitrogens is 1. The fourth-order valence-corrected chi connectivity index (χ4v) is 2.48. The van der Waals surface area contributed by atoms with Crippen molar-refractivity contribution in [1.29, 1.82) is 0 Å². The van der Waals surface area contributed by atoms with Crippen LogP contribution in [0.1, 0.15) is 28.8 Å². The van der Waals surface area contributed by atoms with Crippen molar-refractivity contribution in [3.8, 4) is 5.75 Å². The average Bonchev–Trinajstić information content (AvgIpc) is 2.81. The summed E-state index contributed by atoms with van der Waals surface area (Å²) in [4.78, 5) is 5.36. The molecule has 0 saturated carbocycles. The number of hydrogen-bond acceptors (Lipinski definition) is 4. The van der Waals surface area contributed by atoms with Crippen molar-refractivity contribution in [3.05, 3.63) is 45.9 Å². The highest BCUT2D eigenvalue weighted by Gasteiger charge is 2.01. The third-order valence-corrected chi connectivity index (χ3v) is 3.75. The predicted molar refractivity (Wildman–Crippen MR) is 79.6 cm³/mol. The van der Waals surface area contributed by atoms with Gasteiger partial charge in [0.15, 0.2) is 0 Å². The third kappa shape index (κ3) is 4.65. The lowest BCUT2D eigenvalue weighted by atomic mass is 10.1. The summed E-state index contributed by atoms with van der Waals surface area (Å²) in [5.41, 5.74) is 7.06. The largest absolute Gasteiger partial charge is 0.488 e. The van der Waals surface area contributed by atoms with Crippen molar-refractivity contribution in [2.45, 2.75) is 39.3 Å². The van der Waals surface area contributed by atoms with Gasteiger partial charge in [-0.05, 0) is 44.4 Å². The molecule has 0 bridgehead atoms. The van der Waals surface area contributed by atoms with Crippen LogP contribution in [0.5, 0.6) is 5.75 Å². The molecule has 0 amide bonds. The van der Waals surface area contributed by atoms with Gasteiger partial charge >= 0.3 is 0 Å². The zero-order valence-electron chi connectivity index (χ0n) is 11.4. The molecule has 2 aromatic rings. The summed E-state index contributed by atoms with van der Waals surface area (Å²) in [7, 11) is 0.